The van der Waals surface area contributed by atoms with Gasteiger partial charge in [0.2, 0.25) is 0 Å². The molecule has 0 unspecified atom stereocenters. The third-order valence-corrected chi connectivity index (χ3v) is 3.19. The first-order chi connectivity index (χ1) is 9.31. The van der Waals surface area contributed by atoms with E-state index in [-0.39, 0.29) is 4.47 Å². The molecular weight excluding hydrogens is 342 g/mol. The second-order valence-corrected chi connectivity index (χ2v) is 4.78. The van der Waals surface area contributed by atoms with Gasteiger partial charge in [0, 0.05) is 6.07 Å². The van der Waals surface area contributed by atoms with Gasteiger partial charge >= 0.3 is 0 Å². The fourth-order valence-corrected chi connectivity index (χ4v) is 1.90. The first-order valence-corrected chi connectivity index (χ1v) is 6.04. The van der Waals surface area contributed by atoms with Crippen LogP contribution in [0.1, 0.15) is 15.9 Å². The number of nitrogens with two attached hydrogens (primary N) is 1. The highest BCUT2D eigenvalue weighted by atomic mass is 79.9. The van der Waals surface area contributed by atoms with E-state index < -0.39 is 45.9 Å². The lowest BCUT2D eigenvalue weighted by molar-refractivity contribution is 0.103. The monoisotopic (exact) mass is 347 g/mol. The van der Waals surface area contributed by atoms with E-state index in [0.29, 0.717) is 12.1 Å². The lowest BCUT2D eigenvalue weighted by Gasteiger charge is -2.07. The second kappa shape index (κ2) is 5.24. The molecule has 0 aliphatic heterocycles. The van der Waals surface area contributed by atoms with E-state index in [9.17, 15) is 22.4 Å². The largest absolute Gasteiger partial charge is 0.396 e. The minimum atomic E-state index is -1.20. The van der Waals surface area contributed by atoms with Crippen molar-refractivity contribution in [1.82, 2.24) is 0 Å². The van der Waals surface area contributed by atoms with E-state index in [1.54, 1.807) is 0 Å². The maximum absolute atomic E-state index is 13.6. The van der Waals surface area contributed by atoms with Crippen molar-refractivity contribution in [2.45, 2.75) is 0 Å². The Morgan fingerprint density at radius 1 is 0.850 bits per heavy atom. The number of benzene rings is 2. The summed E-state index contributed by atoms with van der Waals surface area (Å²) in [6.45, 7) is 0. The van der Waals surface area contributed by atoms with Gasteiger partial charge < -0.3 is 5.73 Å². The molecule has 7 heteroatoms. The summed E-state index contributed by atoms with van der Waals surface area (Å²) < 4.78 is 53.3. The van der Waals surface area contributed by atoms with E-state index in [4.69, 9.17) is 5.73 Å². The maximum Gasteiger partial charge on any atom is 0.199 e. The number of carbonyl (C=O) groups is 1. The third kappa shape index (κ3) is 2.53. The van der Waals surface area contributed by atoms with Gasteiger partial charge in [0.1, 0.15) is 23.3 Å². The quantitative estimate of drug-likeness (QED) is 0.388. The standard InChI is InChI=1S/C13H6BrF4NO/c14-7-3-8(15)5(1-10(7)17)13(20)6-2-12(19)11(18)4-9(6)16/h1-4H,19H2. The van der Waals surface area contributed by atoms with Crippen molar-refractivity contribution in [3.8, 4) is 0 Å². The molecule has 0 saturated heterocycles. The van der Waals surface area contributed by atoms with Crippen LogP contribution in [0, 0.1) is 23.3 Å². The summed E-state index contributed by atoms with van der Waals surface area (Å²) in [4.78, 5) is 12.0. The van der Waals surface area contributed by atoms with Gasteiger partial charge in [0.25, 0.3) is 0 Å². The summed E-state index contributed by atoms with van der Waals surface area (Å²) in [7, 11) is 0. The van der Waals surface area contributed by atoms with Gasteiger partial charge in [-0.25, -0.2) is 17.6 Å². The van der Waals surface area contributed by atoms with Gasteiger partial charge in [-0.3, -0.25) is 4.79 Å². The lowest BCUT2D eigenvalue weighted by Crippen LogP contribution is -2.09. The summed E-state index contributed by atoms with van der Waals surface area (Å²) in [6.07, 6.45) is 0. The first kappa shape index (κ1) is 14.5. The highest BCUT2D eigenvalue weighted by molar-refractivity contribution is 9.10. The molecule has 20 heavy (non-hydrogen) atoms. The van der Waals surface area contributed by atoms with E-state index in [1.165, 1.54) is 0 Å². The number of anilines is 1. The van der Waals surface area contributed by atoms with Crippen LogP contribution in [0.2, 0.25) is 0 Å². The number of hydrogen-bond acceptors (Lipinski definition) is 2. The Hall–Kier alpha value is -1.89. The van der Waals surface area contributed by atoms with Crippen LogP contribution in [0.4, 0.5) is 23.2 Å². The molecule has 0 spiro atoms. The molecule has 0 radical (unpaired) electrons. The predicted molar refractivity (Wildman–Crippen MR) is 68.3 cm³/mol. The molecular formula is C13H6BrF4NO. The van der Waals surface area contributed by atoms with Crippen molar-refractivity contribution in [2.24, 2.45) is 0 Å². The zero-order valence-electron chi connectivity index (χ0n) is 9.68. The van der Waals surface area contributed by atoms with Crippen molar-refractivity contribution >= 4 is 27.4 Å². The van der Waals surface area contributed by atoms with Crippen molar-refractivity contribution in [3.05, 3.63) is 63.1 Å². The molecule has 0 fully saturated rings. The van der Waals surface area contributed by atoms with Gasteiger partial charge in [0.05, 0.1) is 21.3 Å². The van der Waals surface area contributed by atoms with Crippen molar-refractivity contribution in [3.63, 3.8) is 0 Å². The summed E-state index contributed by atoms with van der Waals surface area (Å²) in [6, 6.07) is 2.52. The first-order valence-electron chi connectivity index (χ1n) is 5.25. The number of nitrogen functional groups attached to an aromatic ring is 1. The number of carbonyl (C=O) groups excluding carboxylic acids is 1. The normalized spacial score (nSPS) is 10.7. The Labute approximate surface area is 119 Å². The van der Waals surface area contributed by atoms with Crippen LogP contribution in [-0.2, 0) is 0 Å². The molecule has 0 amide bonds. The molecule has 0 saturated carbocycles. The minimum absolute atomic E-state index is 0.175. The van der Waals surface area contributed by atoms with Gasteiger partial charge in [-0.1, -0.05) is 0 Å². The number of ketones is 1. The highest BCUT2D eigenvalue weighted by Gasteiger charge is 2.21. The van der Waals surface area contributed by atoms with Crippen LogP contribution in [0.15, 0.2) is 28.7 Å². The number of rotatable bonds is 2. The van der Waals surface area contributed by atoms with Crippen LogP contribution in [0.3, 0.4) is 0 Å². The third-order valence-electron chi connectivity index (χ3n) is 2.59. The predicted octanol–water partition coefficient (Wildman–Crippen LogP) is 3.82. The van der Waals surface area contributed by atoms with Crippen molar-refractivity contribution < 1.29 is 22.4 Å². The molecule has 2 aromatic rings. The van der Waals surface area contributed by atoms with E-state index in [2.05, 4.69) is 15.9 Å². The lowest BCUT2D eigenvalue weighted by atomic mass is 10.0. The average Bonchev–Trinajstić information content (AvgIpc) is 2.37. The Bertz CT molecular complexity index is 659. The maximum atomic E-state index is 13.6. The molecule has 2 nitrogen and oxygen atoms in total. The summed E-state index contributed by atoms with van der Waals surface area (Å²) >= 11 is 2.75. The van der Waals surface area contributed by atoms with Gasteiger partial charge in [-0.2, -0.15) is 0 Å². The molecule has 0 bridgehead atoms. The molecule has 0 aliphatic rings. The SMILES string of the molecule is Nc1cc(C(=O)c2cc(F)c(Br)cc2F)c(F)cc1F. The average molecular weight is 348 g/mol. The molecule has 104 valence electrons. The number of halogens is 5. The summed E-state index contributed by atoms with van der Waals surface area (Å²) in [5.74, 6) is -5.29. The van der Waals surface area contributed by atoms with E-state index >= 15 is 0 Å². The highest BCUT2D eigenvalue weighted by Crippen LogP contribution is 2.24. The molecule has 0 aromatic heterocycles. The van der Waals surface area contributed by atoms with Crippen LogP contribution in [-0.4, -0.2) is 5.78 Å². The minimum Gasteiger partial charge on any atom is -0.396 e. The fourth-order valence-electron chi connectivity index (χ4n) is 1.58. The fraction of sp³-hybridized carbons (Fsp3) is 0. The molecule has 0 atom stereocenters. The summed E-state index contributed by atoms with van der Waals surface area (Å²) in [5.41, 5.74) is 3.46. The molecule has 2 N–H and O–H groups in total. The summed E-state index contributed by atoms with van der Waals surface area (Å²) in [5, 5.41) is 0. The van der Waals surface area contributed by atoms with E-state index in [1.807, 2.05) is 0 Å². The Kier molecular flexibility index (Phi) is 3.80. The van der Waals surface area contributed by atoms with E-state index in [0.717, 1.165) is 12.1 Å². The molecule has 2 aromatic carbocycles. The smallest absolute Gasteiger partial charge is 0.199 e. The van der Waals surface area contributed by atoms with Crippen molar-refractivity contribution in [1.29, 1.82) is 0 Å². The zero-order valence-corrected chi connectivity index (χ0v) is 11.3. The second-order valence-electron chi connectivity index (χ2n) is 3.93. The Morgan fingerprint density at radius 2 is 1.40 bits per heavy atom. The molecule has 2 rings (SSSR count). The van der Waals surface area contributed by atoms with Gasteiger partial charge in [-0.05, 0) is 34.1 Å². The van der Waals surface area contributed by atoms with Crippen molar-refractivity contribution in [2.75, 3.05) is 5.73 Å². The Morgan fingerprint density at radius 3 is 2.05 bits per heavy atom. The Balaban J connectivity index is 2.57. The van der Waals surface area contributed by atoms with Crippen LogP contribution in [0.25, 0.3) is 0 Å². The topological polar surface area (TPSA) is 43.1 Å². The van der Waals surface area contributed by atoms with Crippen LogP contribution < -0.4 is 5.73 Å². The molecule has 0 heterocycles. The molecule has 0 aliphatic carbocycles. The van der Waals surface area contributed by atoms with Crippen LogP contribution in [0.5, 0.6) is 0 Å². The number of hydrogen-bond donors (Lipinski definition) is 1. The van der Waals surface area contributed by atoms with Gasteiger partial charge in [0.15, 0.2) is 5.78 Å². The van der Waals surface area contributed by atoms with Crippen LogP contribution >= 0.6 is 15.9 Å². The zero-order chi connectivity index (χ0) is 15.0. The van der Waals surface area contributed by atoms with Gasteiger partial charge in [-0.15, -0.1) is 0 Å².